The van der Waals surface area contributed by atoms with Gasteiger partial charge in [-0.3, -0.25) is 4.79 Å². The highest BCUT2D eigenvalue weighted by Crippen LogP contribution is 1.97. The van der Waals surface area contributed by atoms with Gasteiger partial charge < -0.3 is 10.4 Å². The summed E-state index contributed by atoms with van der Waals surface area (Å²) < 4.78 is 21.5. The predicted octanol–water partition coefficient (Wildman–Crippen LogP) is -0.300. The number of amides is 1. The first-order valence-corrected chi connectivity index (χ1v) is 7.07. The van der Waals surface area contributed by atoms with E-state index in [1.54, 1.807) is 0 Å². The Morgan fingerprint density at radius 1 is 1.20 bits per heavy atom. The lowest BCUT2D eigenvalue weighted by Crippen LogP contribution is -2.30. The fourth-order valence-corrected chi connectivity index (χ4v) is 1.69. The molecule has 0 unspecified atom stereocenters. The molecule has 0 aliphatic heterocycles. The highest BCUT2D eigenvalue weighted by atomic mass is 32.2. The maximum absolute atomic E-state index is 11.0. The average Bonchev–Trinajstić information content (AvgIpc) is 2.08. The number of carbonyl (C=O) groups is 1. The Balaban J connectivity index is 3.40. The van der Waals surface area contributed by atoms with Gasteiger partial charge in [-0.25, -0.2) is 8.42 Å². The lowest BCUT2D eigenvalue weighted by Gasteiger charge is -2.03. The monoisotopic (exact) mass is 237 g/mol. The van der Waals surface area contributed by atoms with Crippen LogP contribution < -0.4 is 5.32 Å². The maximum Gasteiger partial charge on any atom is 0.235 e. The Hall–Kier alpha value is -0.620. The molecular weight excluding hydrogens is 218 g/mol. The molecule has 0 aliphatic rings. The molecule has 6 heteroatoms. The summed E-state index contributed by atoms with van der Waals surface area (Å²) in [4.78, 5) is 11.0. The number of unbranched alkanes of at least 4 members (excludes halogenated alkanes) is 3. The normalized spacial score (nSPS) is 11.3. The number of rotatable bonds is 8. The third kappa shape index (κ3) is 11.3. The first kappa shape index (κ1) is 14.4. The number of hydrogen-bond donors (Lipinski definition) is 2. The van der Waals surface area contributed by atoms with Gasteiger partial charge in [-0.2, -0.15) is 0 Å². The first-order chi connectivity index (χ1) is 6.95. The third-order valence-corrected chi connectivity index (χ3v) is 2.59. The van der Waals surface area contributed by atoms with Crippen LogP contribution in [0.15, 0.2) is 0 Å². The standard InChI is InChI=1S/C9H19NO4S/c1-15(13,14)8-9(12)10-6-4-2-3-5-7-11/h11H,2-8H2,1H3,(H,10,12). The molecule has 0 radical (unpaired) electrons. The molecule has 90 valence electrons. The van der Waals surface area contributed by atoms with E-state index in [1.807, 2.05) is 0 Å². The number of sulfone groups is 1. The Morgan fingerprint density at radius 3 is 2.33 bits per heavy atom. The summed E-state index contributed by atoms with van der Waals surface area (Å²) in [7, 11) is -3.22. The Kier molecular flexibility index (Phi) is 7.33. The lowest BCUT2D eigenvalue weighted by molar-refractivity contribution is -0.118. The van der Waals surface area contributed by atoms with Crippen LogP contribution in [0.1, 0.15) is 25.7 Å². The van der Waals surface area contributed by atoms with E-state index in [0.29, 0.717) is 6.54 Å². The SMILES string of the molecule is CS(=O)(=O)CC(=O)NCCCCCCO. The van der Waals surface area contributed by atoms with Crippen molar-refractivity contribution in [1.29, 1.82) is 0 Å². The Bertz CT molecular complexity index is 274. The fourth-order valence-electron chi connectivity index (χ4n) is 1.11. The zero-order chi connectivity index (χ0) is 11.7. The zero-order valence-electron chi connectivity index (χ0n) is 9.03. The summed E-state index contributed by atoms with van der Waals surface area (Å²) in [6, 6.07) is 0. The van der Waals surface area contributed by atoms with Crippen molar-refractivity contribution in [3.8, 4) is 0 Å². The van der Waals surface area contributed by atoms with Gasteiger partial charge in [0.15, 0.2) is 9.84 Å². The highest BCUT2D eigenvalue weighted by Gasteiger charge is 2.09. The summed E-state index contributed by atoms with van der Waals surface area (Å²) in [5.74, 6) is -0.886. The van der Waals surface area contributed by atoms with E-state index in [9.17, 15) is 13.2 Å². The van der Waals surface area contributed by atoms with Crippen LogP contribution in [-0.2, 0) is 14.6 Å². The molecule has 0 rings (SSSR count). The second-order valence-electron chi connectivity index (χ2n) is 3.56. The van der Waals surface area contributed by atoms with E-state index in [-0.39, 0.29) is 6.61 Å². The van der Waals surface area contributed by atoms with Crippen molar-refractivity contribution in [2.24, 2.45) is 0 Å². The molecule has 0 fully saturated rings. The van der Waals surface area contributed by atoms with Crippen molar-refractivity contribution in [3.63, 3.8) is 0 Å². The maximum atomic E-state index is 11.0. The molecule has 2 N–H and O–H groups in total. The van der Waals surface area contributed by atoms with Crippen LogP contribution >= 0.6 is 0 Å². The van der Waals surface area contributed by atoms with E-state index in [0.717, 1.165) is 31.9 Å². The number of aliphatic hydroxyl groups is 1. The van der Waals surface area contributed by atoms with Crippen LogP contribution in [-0.4, -0.2) is 44.6 Å². The second kappa shape index (κ2) is 7.64. The first-order valence-electron chi connectivity index (χ1n) is 5.01. The summed E-state index contributed by atoms with van der Waals surface area (Å²) in [6.45, 7) is 0.695. The molecule has 0 saturated carbocycles. The molecule has 15 heavy (non-hydrogen) atoms. The quantitative estimate of drug-likeness (QED) is 0.568. The smallest absolute Gasteiger partial charge is 0.235 e. The van der Waals surface area contributed by atoms with Crippen LogP contribution in [0, 0.1) is 0 Å². The van der Waals surface area contributed by atoms with Crippen molar-refractivity contribution in [1.82, 2.24) is 5.32 Å². The van der Waals surface area contributed by atoms with Crippen molar-refractivity contribution in [2.75, 3.05) is 25.2 Å². The van der Waals surface area contributed by atoms with Crippen molar-refractivity contribution in [2.45, 2.75) is 25.7 Å². The van der Waals surface area contributed by atoms with E-state index >= 15 is 0 Å². The topological polar surface area (TPSA) is 83.5 Å². The largest absolute Gasteiger partial charge is 0.396 e. The summed E-state index contributed by atoms with van der Waals surface area (Å²) in [6.07, 6.45) is 4.48. The van der Waals surface area contributed by atoms with Crippen LogP contribution in [0.4, 0.5) is 0 Å². The molecule has 0 heterocycles. The minimum atomic E-state index is -3.22. The second-order valence-corrected chi connectivity index (χ2v) is 5.70. The van der Waals surface area contributed by atoms with Gasteiger partial charge in [-0.05, 0) is 12.8 Å². The Morgan fingerprint density at radius 2 is 1.80 bits per heavy atom. The van der Waals surface area contributed by atoms with Gasteiger partial charge in [-0.1, -0.05) is 12.8 Å². The van der Waals surface area contributed by atoms with Crippen molar-refractivity contribution < 1.29 is 18.3 Å². The highest BCUT2D eigenvalue weighted by molar-refractivity contribution is 7.91. The van der Waals surface area contributed by atoms with Crippen molar-refractivity contribution in [3.05, 3.63) is 0 Å². The average molecular weight is 237 g/mol. The van der Waals surface area contributed by atoms with Gasteiger partial charge in [0.05, 0.1) is 0 Å². The molecule has 1 amide bonds. The van der Waals surface area contributed by atoms with E-state index in [2.05, 4.69) is 5.32 Å². The number of hydrogen-bond acceptors (Lipinski definition) is 4. The Labute approximate surface area is 90.8 Å². The van der Waals surface area contributed by atoms with Gasteiger partial charge in [0.2, 0.25) is 5.91 Å². The van der Waals surface area contributed by atoms with E-state index < -0.39 is 21.5 Å². The minimum Gasteiger partial charge on any atom is -0.396 e. The summed E-state index contributed by atoms with van der Waals surface area (Å²) in [5.41, 5.74) is 0. The van der Waals surface area contributed by atoms with E-state index in [1.165, 1.54) is 0 Å². The third-order valence-electron chi connectivity index (χ3n) is 1.80. The van der Waals surface area contributed by atoms with E-state index in [4.69, 9.17) is 5.11 Å². The number of nitrogens with one attached hydrogen (secondary N) is 1. The zero-order valence-corrected chi connectivity index (χ0v) is 9.85. The number of aliphatic hydroxyl groups excluding tert-OH is 1. The van der Waals surface area contributed by atoms with Gasteiger partial charge in [0.25, 0.3) is 0 Å². The predicted molar refractivity (Wildman–Crippen MR) is 58.3 cm³/mol. The molecule has 0 spiro atoms. The molecule has 0 aromatic heterocycles. The molecule has 0 aromatic carbocycles. The van der Waals surface area contributed by atoms with Gasteiger partial charge in [-0.15, -0.1) is 0 Å². The van der Waals surface area contributed by atoms with Crippen molar-refractivity contribution >= 4 is 15.7 Å². The number of carbonyl (C=O) groups excluding carboxylic acids is 1. The summed E-state index contributed by atoms with van der Waals surface area (Å²) >= 11 is 0. The van der Waals surface area contributed by atoms with Gasteiger partial charge in [0.1, 0.15) is 5.75 Å². The fraction of sp³-hybridized carbons (Fsp3) is 0.889. The lowest BCUT2D eigenvalue weighted by atomic mass is 10.2. The van der Waals surface area contributed by atoms with Crippen LogP contribution in [0.3, 0.4) is 0 Å². The van der Waals surface area contributed by atoms with Crippen LogP contribution in [0.25, 0.3) is 0 Å². The molecule has 0 saturated heterocycles. The molecule has 0 atom stereocenters. The van der Waals surface area contributed by atoms with Gasteiger partial charge in [0, 0.05) is 19.4 Å². The van der Waals surface area contributed by atoms with Crippen LogP contribution in [0.2, 0.25) is 0 Å². The molecule has 0 aromatic rings. The molecule has 0 bridgehead atoms. The van der Waals surface area contributed by atoms with Gasteiger partial charge >= 0.3 is 0 Å². The molecule has 5 nitrogen and oxygen atoms in total. The summed E-state index contributed by atoms with van der Waals surface area (Å²) in [5, 5.41) is 11.0. The molecule has 0 aliphatic carbocycles. The van der Waals surface area contributed by atoms with Crippen LogP contribution in [0.5, 0.6) is 0 Å². The minimum absolute atomic E-state index is 0.195. The molecular formula is C9H19NO4S.